The molecule has 0 bridgehead atoms. The summed E-state index contributed by atoms with van der Waals surface area (Å²) >= 11 is 0. The molecule has 2 atom stereocenters. The Morgan fingerprint density at radius 1 is 0.730 bits per heavy atom. The van der Waals surface area contributed by atoms with Gasteiger partial charge in [-0.15, -0.1) is 0 Å². The van der Waals surface area contributed by atoms with Crippen LogP contribution < -0.4 is 23.8 Å². The smallest absolute Gasteiger partial charge is 0.414 e. The lowest BCUT2D eigenvalue weighted by atomic mass is 9.93. The summed E-state index contributed by atoms with van der Waals surface area (Å²) in [6.45, 7) is 8.46. The molecule has 4 heterocycles. The van der Waals surface area contributed by atoms with Crippen molar-refractivity contribution >= 4 is 41.6 Å². The number of hydrogen-bond acceptors (Lipinski definition) is 11. The van der Waals surface area contributed by atoms with E-state index in [1.165, 1.54) is 41.7 Å². The fraction of sp³-hybridized carbons (Fsp3) is 0.312. The van der Waals surface area contributed by atoms with Crippen LogP contribution in [-0.4, -0.2) is 117 Å². The molecule has 0 aromatic heterocycles. The van der Waals surface area contributed by atoms with Gasteiger partial charge in [-0.2, -0.15) is 0 Å². The van der Waals surface area contributed by atoms with Crippen LogP contribution in [0.1, 0.15) is 43.0 Å². The van der Waals surface area contributed by atoms with Crippen LogP contribution in [0.2, 0.25) is 0 Å². The van der Waals surface area contributed by atoms with Gasteiger partial charge in [-0.1, -0.05) is 73.8 Å². The highest BCUT2D eigenvalue weighted by Gasteiger charge is 2.40. The van der Waals surface area contributed by atoms with E-state index in [2.05, 4.69) is 19.2 Å². The summed E-state index contributed by atoms with van der Waals surface area (Å²) in [5, 5.41) is 0. The zero-order chi connectivity index (χ0) is 44.0. The third-order valence-electron chi connectivity index (χ3n) is 11.6. The lowest BCUT2D eigenvalue weighted by Crippen LogP contribution is -2.48. The molecule has 63 heavy (non-hydrogen) atoms. The summed E-state index contributed by atoms with van der Waals surface area (Å²) in [7, 11) is 2.96. The average Bonchev–Trinajstić information content (AvgIpc) is 3.51. The van der Waals surface area contributed by atoms with Crippen molar-refractivity contribution in [3.63, 3.8) is 0 Å². The number of anilines is 1. The summed E-state index contributed by atoms with van der Waals surface area (Å²) in [5.41, 5.74) is 5.88. The first kappa shape index (κ1) is 42.4. The predicted molar refractivity (Wildman–Crippen MR) is 235 cm³/mol. The molecule has 0 saturated carbocycles. The van der Waals surface area contributed by atoms with Gasteiger partial charge in [0.1, 0.15) is 26.4 Å². The summed E-state index contributed by atoms with van der Waals surface area (Å²) < 4.78 is 34.7. The highest BCUT2D eigenvalue weighted by molar-refractivity contribution is 6.06. The number of benzene rings is 4. The Hall–Kier alpha value is -7.29. The van der Waals surface area contributed by atoms with E-state index in [0.29, 0.717) is 54.4 Å². The topological polar surface area (TPSA) is 149 Å². The first-order chi connectivity index (χ1) is 30.7. The van der Waals surface area contributed by atoms with Crippen molar-refractivity contribution in [3.05, 3.63) is 131 Å². The van der Waals surface area contributed by atoms with Gasteiger partial charge in [0.15, 0.2) is 23.0 Å². The van der Waals surface area contributed by atoms with Crippen molar-refractivity contribution in [1.82, 2.24) is 14.7 Å². The highest BCUT2D eigenvalue weighted by atomic mass is 16.6. The van der Waals surface area contributed by atoms with Crippen molar-refractivity contribution in [1.29, 1.82) is 0 Å². The zero-order valence-electron chi connectivity index (χ0n) is 35.3. The molecular formula is C48H49N5O10. The molecule has 326 valence electrons. The molecule has 15 heteroatoms. The van der Waals surface area contributed by atoms with E-state index in [1.54, 1.807) is 35.4 Å². The van der Waals surface area contributed by atoms with Crippen LogP contribution in [0.5, 0.6) is 23.0 Å². The third kappa shape index (κ3) is 8.76. The summed E-state index contributed by atoms with van der Waals surface area (Å²) in [6, 6.07) is 22.0. The van der Waals surface area contributed by atoms with Crippen LogP contribution >= 0.6 is 0 Å². The molecule has 0 aliphatic carbocycles. The Labute approximate surface area is 365 Å². The lowest BCUT2D eigenvalue weighted by Gasteiger charge is -2.36. The minimum Gasteiger partial charge on any atom is -0.493 e. The number of methoxy groups -OCH3 is 2. The van der Waals surface area contributed by atoms with E-state index in [1.807, 2.05) is 47.4 Å². The number of carbonyl (C=O) groups excluding carboxylic acids is 4. The number of hydrogen-bond donors (Lipinski definition) is 0. The number of carbonyl (C=O) groups is 4. The van der Waals surface area contributed by atoms with Crippen molar-refractivity contribution < 1.29 is 47.6 Å². The van der Waals surface area contributed by atoms with E-state index in [4.69, 9.17) is 33.4 Å². The van der Waals surface area contributed by atoms with Gasteiger partial charge in [0.25, 0.3) is 11.8 Å². The normalized spacial score (nSPS) is 17.0. The SMILES string of the molecule is C=CCOC(=O)N(CCOc1cc2c(cc1OC)C(=O)N1Cc3ccccc3C[C@H]1C=N2)CCOc1cc2c(cc1OC)C(=O)N1Cc3ccccc3C[C@H]1CN2C(=O)OCC=C. The first-order valence-electron chi connectivity index (χ1n) is 20.8. The van der Waals surface area contributed by atoms with Crippen LogP contribution in [-0.2, 0) is 35.4 Å². The summed E-state index contributed by atoms with van der Waals surface area (Å²) in [5.74, 6) is 0.793. The molecule has 8 rings (SSSR count). The summed E-state index contributed by atoms with van der Waals surface area (Å²) in [4.78, 5) is 66.3. The van der Waals surface area contributed by atoms with Gasteiger partial charge in [0, 0.05) is 31.4 Å². The zero-order valence-corrected chi connectivity index (χ0v) is 35.3. The fourth-order valence-corrected chi connectivity index (χ4v) is 8.42. The Morgan fingerprint density at radius 2 is 1.30 bits per heavy atom. The molecular weight excluding hydrogens is 807 g/mol. The predicted octanol–water partition coefficient (Wildman–Crippen LogP) is 6.78. The number of amides is 4. The minimum atomic E-state index is -0.636. The van der Waals surface area contributed by atoms with Gasteiger partial charge in [-0.05, 0) is 47.2 Å². The Morgan fingerprint density at radius 3 is 1.95 bits per heavy atom. The van der Waals surface area contributed by atoms with Gasteiger partial charge in [-0.3, -0.25) is 19.5 Å². The van der Waals surface area contributed by atoms with Gasteiger partial charge in [0.2, 0.25) is 0 Å². The number of rotatable bonds is 14. The minimum absolute atomic E-state index is 0.0154. The van der Waals surface area contributed by atoms with Crippen molar-refractivity contribution in [2.75, 3.05) is 65.2 Å². The molecule has 4 aliphatic rings. The van der Waals surface area contributed by atoms with E-state index in [0.717, 1.165) is 16.7 Å². The molecule has 0 saturated heterocycles. The van der Waals surface area contributed by atoms with E-state index in [-0.39, 0.29) is 87.0 Å². The monoisotopic (exact) mass is 855 g/mol. The second-order valence-electron chi connectivity index (χ2n) is 15.4. The summed E-state index contributed by atoms with van der Waals surface area (Å²) in [6.07, 6.45) is 4.72. The third-order valence-corrected chi connectivity index (χ3v) is 11.6. The number of fused-ring (bicyclic) bond motifs is 6. The van der Waals surface area contributed by atoms with Crippen molar-refractivity contribution in [2.45, 2.75) is 38.0 Å². The Balaban J connectivity index is 0.983. The second-order valence-corrected chi connectivity index (χ2v) is 15.4. The Bertz CT molecular complexity index is 2470. The molecule has 4 aromatic carbocycles. The molecule has 0 N–H and O–H groups in total. The van der Waals surface area contributed by atoms with Crippen LogP contribution in [0.4, 0.5) is 21.0 Å². The van der Waals surface area contributed by atoms with Crippen molar-refractivity contribution in [3.8, 4) is 23.0 Å². The quantitative estimate of drug-likeness (QED) is 0.124. The van der Waals surface area contributed by atoms with Crippen LogP contribution in [0.3, 0.4) is 0 Å². The first-order valence-corrected chi connectivity index (χ1v) is 20.8. The van der Waals surface area contributed by atoms with Gasteiger partial charge in [0.05, 0.1) is 68.4 Å². The van der Waals surface area contributed by atoms with E-state index >= 15 is 0 Å². The molecule has 4 aromatic rings. The van der Waals surface area contributed by atoms with Gasteiger partial charge < -0.3 is 43.1 Å². The van der Waals surface area contributed by atoms with E-state index < -0.39 is 12.2 Å². The average molecular weight is 856 g/mol. The number of ether oxygens (including phenoxy) is 6. The molecule has 0 radical (unpaired) electrons. The maximum Gasteiger partial charge on any atom is 0.414 e. The largest absolute Gasteiger partial charge is 0.493 e. The molecule has 4 amide bonds. The maximum absolute atomic E-state index is 14.3. The molecule has 4 aliphatic heterocycles. The number of aliphatic imine (C=N–C) groups is 1. The molecule has 15 nitrogen and oxygen atoms in total. The standard InChI is InChI=1S/C48H49N5O10/c1-5-17-62-47(56)50(15-19-60-43-25-39-37(23-41(43)58-3)45(54)51-28-33-13-9-7-11-31(33)21-35(51)27-49-39)16-20-61-44-26-40-38(24-42(44)59-4)46(55)52-29-34-14-10-8-12-32(34)22-36(52)30-53(40)48(57)63-18-6-2/h5-14,23-27,35-36H,1-2,15-22,28-30H2,3-4H3/t35-,36-/m0/s1. The van der Waals surface area contributed by atoms with Gasteiger partial charge in [-0.25, -0.2) is 9.59 Å². The molecule has 0 spiro atoms. The lowest BCUT2D eigenvalue weighted by molar-refractivity contribution is 0.0653. The highest BCUT2D eigenvalue weighted by Crippen LogP contribution is 2.41. The maximum atomic E-state index is 14.3. The van der Waals surface area contributed by atoms with Crippen LogP contribution in [0, 0.1) is 0 Å². The molecule has 0 fully saturated rings. The van der Waals surface area contributed by atoms with Crippen molar-refractivity contribution in [2.24, 2.45) is 4.99 Å². The number of nitrogens with zero attached hydrogens (tertiary/aromatic N) is 5. The second kappa shape index (κ2) is 18.8. The van der Waals surface area contributed by atoms with Crippen LogP contribution in [0.15, 0.2) is 103 Å². The fourth-order valence-electron chi connectivity index (χ4n) is 8.42. The Kier molecular flexibility index (Phi) is 12.6. The van der Waals surface area contributed by atoms with E-state index in [9.17, 15) is 19.2 Å². The molecule has 0 unspecified atom stereocenters. The van der Waals surface area contributed by atoms with Crippen LogP contribution in [0.25, 0.3) is 0 Å². The van der Waals surface area contributed by atoms with Gasteiger partial charge >= 0.3 is 12.2 Å².